The largest absolute Gasteiger partial charge is 0.207 e. The van der Waals surface area contributed by atoms with Crippen molar-refractivity contribution in [2.75, 3.05) is 0 Å². The highest BCUT2D eigenvalue weighted by Crippen LogP contribution is 2.16. The third-order valence-corrected chi connectivity index (χ3v) is 2.70. The molecule has 90 valence electrons. The molecule has 0 fully saturated rings. The molecule has 0 radical (unpaired) electrons. The fraction of sp³-hybridized carbons (Fsp3) is 0.0625. The summed E-state index contributed by atoms with van der Waals surface area (Å²) in [5.74, 6) is -0.486. The molecule has 2 heteroatoms. The first kappa shape index (κ1) is 12.4. The first-order valence-corrected chi connectivity index (χ1v) is 5.68. The second-order valence-corrected chi connectivity index (χ2v) is 4.07. The summed E-state index contributed by atoms with van der Waals surface area (Å²) in [6, 6.07) is 12.6. The van der Waals surface area contributed by atoms with E-state index in [4.69, 9.17) is 0 Å². The van der Waals surface area contributed by atoms with Crippen LogP contribution in [0.15, 0.2) is 54.6 Å². The van der Waals surface area contributed by atoms with Gasteiger partial charge in [-0.1, -0.05) is 0 Å². The zero-order valence-corrected chi connectivity index (χ0v) is 10.0. The molecule has 0 saturated heterocycles. The summed E-state index contributed by atoms with van der Waals surface area (Å²) in [6.45, 7) is 1.95. The van der Waals surface area contributed by atoms with E-state index in [1.165, 1.54) is 24.3 Å². The van der Waals surface area contributed by atoms with Crippen molar-refractivity contribution in [3.05, 3.63) is 83.8 Å². The van der Waals surface area contributed by atoms with E-state index >= 15 is 0 Å². The van der Waals surface area contributed by atoms with Gasteiger partial charge in [-0.3, -0.25) is 0 Å². The van der Waals surface area contributed by atoms with Crippen LogP contribution < -0.4 is 0 Å². The molecule has 0 aliphatic heterocycles. The number of rotatable bonds is 3. The normalized spacial score (nSPS) is 11.4. The summed E-state index contributed by atoms with van der Waals surface area (Å²) < 4.78 is 25.5. The van der Waals surface area contributed by atoms with E-state index in [1.807, 2.05) is 19.4 Å². The lowest BCUT2D eigenvalue weighted by Crippen LogP contribution is -1.83. The molecule has 0 spiro atoms. The molecule has 0 amide bonds. The number of benzene rings is 2. The van der Waals surface area contributed by atoms with Gasteiger partial charge in [0.05, 0.1) is 5.56 Å². The fourth-order valence-corrected chi connectivity index (χ4v) is 1.60. The summed E-state index contributed by atoms with van der Waals surface area (Å²) in [5, 5.41) is 0. The zero-order valence-electron chi connectivity index (χ0n) is 10.0. The SMILES string of the molecule is C/C(=C/[CH+]c1ccc(F)cc1)c1ccc(F)cc1. The van der Waals surface area contributed by atoms with Crippen LogP contribution >= 0.6 is 0 Å². The van der Waals surface area contributed by atoms with Crippen molar-refractivity contribution >= 4 is 5.57 Å². The first-order chi connectivity index (χ1) is 8.65. The molecule has 0 nitrogen and oxygen atoms in total. The third kappa shape index (κ3) is 3.20. The van der Waals surface area contributed by atoms with E-state index in [0.29, 0.717) is 0 Å². The average Bonchev–Trinajstić information content (AvgIpc) is 2.38. The van der Waals surface area contributed by atoms with Gasteiger partial charge in [-0.2, -0.15) is 0 Å². The fourth-order valence-electron chi connectivity index (χ4n) is 1.60. The minimum absolute atomic E-state index is 0.242. The standard InChI is InChI=1S/C16H13F2/c1-12(14-6-10-16(18)11-7-14)2-3-13-4-8-15(17)9-5-13/h2-11H,1H3/q+1/b12-2-. The van der Waals surface area contributed by atoms with Crippen LogP contribution in [0, 0.1) is 18.1 Å². The lowest BCUT2D eigenvalue weighted by atomic mass is 10.0. The van der Waals surface area contributed by atoms with Crippen molar-refractivity contribution in [3.63, 3.8) is 0 Å². The Hall–Kier alpha value is -2.09. The van der Waals surface area contributed by atoms with Crippen LogP contribution in [0.25, 0.3) is 5.57 Å². The van der Waals surface area contributed by atoms with Gasteiger partial charge in [0.15, 0.2) is 0 Å². The van der Waals surface area contributed by atoms with Gasteiger partial charge in [-0.15, -0.1) is 0 Å². The maximum Gasteiger partial charge on any atom is 0.142 e. The van der Waals surface area contributed by atoms with Crippen LogP contribution in [0.5, 0.6) is 0 Å². The topological polar surface area (TPSA) is 0 Å². The Morgan fingerprint density at radius 2 is 1.39 bits per heavy atom. The van der Waals surface area contributed by atoms with Crippen molar-refractivity contribution in [3.8, 4) is 0 Å². The first-order valence-electron chi connectivity index (χ1n) is 5.68. The van der Waals surface area contributed by atoms with E-state index in [2.05, 4.69) is 0 Å². The second-order valence-electron chi connectivity index (χ2n) is 4.07. The van der Waals surface area contributed by atoms with Gasteiger partial charge in [0.25, 0.3) is 0 Å². The Morgan fingerprint density at radius 1 is 0.889 bits per heavy atom. The molecular weight excluding hydrogens is 230 g/mol. The van der Waals surface area contributed by atoms with Crippen LogP contribution in [0.1, 0.15) is 18.1 Å². The predicted molar refractivity (Wildman–Crippen MR) is 69.9 cm³/mol. The van der Waals surface area contributed by atoms with Gasteiger partial charge in [-0.25, -0.2) is 8.78 Å². The molecule has 18 heavy (non-hydrogen) atoms. The molecule has 0 unspecified atom stereocenters. The summed E-state index contributed by atoms with van der Waals surface area (Å²) in [4.78, 5) is 0. The average molecular weight is 243 g/mol. The van der Waals surface area contributed by atoms with Crippen LogP contribution in [0.2, 0.25) is 0 Å². The van der Waals surface area contributed by atoms with E-state index in [1.54, 1.807) is 24.3 Å². The van der Waals surface area contributed by atoms with Crippen molar-refractivity contribution in [2.24, 2.45) is 0 Å². The molecule has 2 rings (SSSR count). The van der Waals surface area contributed by atoms with Crippen molar-refractivity contribution in [1.29, 1.82) is 0 Å². The molecule has 0 aliphatic carbocycles. The summed E-state index contributed by atoms with van der Waals surface area (Å²) in [6.07, 6.45) is 3.83. The monoisotopic (exact) mass is 243 g/mol. The minimum atomic E-state index is -0.244. The summed E-state index contributed by atoms with van der Waals surface area (Å²) >= 11 is 0. The van der Waals surface area contributed by atoms with Crippen molar-refractivity contribution < 1.29 is 8.78 Å². The van der Waals surface area contributed by atoms with Crippen LogP contribution in [-0.2, 0) is 0 Å². The molecule has 0 atom stereocenters. The highest BCUT2D eigenvalue weighted by molar-refractivity contribution is 5.65. The Kier molecular flexibility index (Phi) is 3.78. The quantitative estimate of drug-likeness (QED) is 0.690. The molecule has 2 aromatic rings. The molecule has 0 saturated carbocycles. The Balaban J connectivity index is 2.09. The maximum absolute atomic E-state index is 12.8. The predicted octanol–water partition coefficient (Wildman–Crippen LogP) is 4.62. The zero-order chi connectivity index (χ0) is 13.0. The van der Waals surface area contributed by atoms with E-state index < -0.39 is 0 Å². The third-order valence-electron chi connectivity index (χ3n) is 2.70. The maximum atomic E-state index is 12.8. The lowest BCUT2D eigenvalue weighted by molar-refractivity contribution is 0.627. The van der Waals surface area contributed by atoms with Crippen molar-refractivity contribution in [2.45, 2.75) is 6.92 Å². The van der Waals surface area contributed by atoms with E-state index in [9.17, 15) is 8.78 Å². The molecule has 0 bridgehead atoms. The number of hydrogen-bond acceptors (Lipinski definition) is 0. The van der Waals surface area contributed by atoms with Crippen LogP contribution in [0.3, 0.4) is 0 Å². The molecular formula is C16H13F2+. The molecule has 0 heterocycles. The van der Waals surface area contributed by atoms with Gasteiger partial charge in [0.2, 0.25) is 0 Å². The summed E-state index contributed by atoms with van der Waals surface area (Å²) in [7, 11) is 0. The number of hydrogen-bond donors (Lipinski definition) is 0. The van der Waals surface area contributed by atoms with Gasteiger partial charge in [-0.05, 0) is 31.2 Å². The minimum Gasteiger partial charge on any atom is -0.207 e. The Labute approximate surface area is 106 Å². The van der Waals surface area contributed by atoms with E-state index in [0.717, 1.165) is 16.7 Å². The van der Waals surface area contributed by atoms with Gasteiger partial charge in [0, 0.05) is 47.9 Å². The van der Waals surface area contributed by atoms with Gasteiger partial charge < -0.3 is 0 Å². The number of halogens is 2. The van der Waals surface area contributed by atoms with E-state index in [-0.39, 0.29) is 11.6 Å². The smallest absolute Gasteiger partial charge is 0.142 e. The van der Waals surface area contributed by atoms with Gasteiger partial charge in [0.1, 0.15) is 11.6 Å². The number of allylic oxidation sites excluding steroid dienone is 2. The van der Waals surface area contributed by atoms with Gasteiger partial charge >= 0.3 is 0 Å². The molecule has 0 aromatic heterocycles. The van der Waals surface area contributed by atoms with Crippen LogP contribution in [-0.4, -0.2) is 0 Å². The Bertz CT molecular complexity index is 536. The second kappa shape index (κ2) is 5.50. The Morgan fingerprint density at radius 3 is 1.94 bits per heavy atom. The molecule has 0 aliphatic rings. The highest BCUT2D eigenvalue weighted by Gasteiger charge is 2.02. The molecule has 0 N–H and O–H groups in total. The molecule has 2 aromatic carbocycles. The summed E-state index contributed by atoms with van der Waals surface area (Å²) in [5.41, 5.74) is 2.92. The van der Waals surface area contributed by atoms with Crippen molar-refractivity contribution in [1.82, 2.24) is 0 Å². The highest BCUT2D eigenvalue weighted by atomic mass is 19.1. The lowest BCUT2D eigenvalue weighted by Gasteiger charge is -1.97. The van der Waals surface area contributed by atoms with Crippen LogP contribution in [0.4, 0.5) is 8.78 Å².